The van der Waals surface area contributed by atoms with Gasteiger partial charge in [-0.2, -0.15) is 0 Å². The molecule has 0 saturated carbocycles. The highest BCUT2D eigenvalue weighted by Gasteiger charge is 1.94. The van der Waals surface area contributed by atoms with Gasteiger partial charge in [-0.25, -0.2) is 9.97 Å². The van der Waals surface area contributed by atoms with Crippen molar-refractivity contribution in [3.8, 4) is 0 Å². The third-order valence-electron chi connectivity index (χ3n) is 1.80. The second kappa shape index (κ2) is 3.83. The molecular weight excluding hydrogens is 178 g/mol. The van der Waals surface area contributed by atoms with Crippen molar-refractivity contribution in [1.82, 2.24) is 14.5 Å². The Kier molecular flexibility index (Phi) is 2.36. The van der Waals surface area contributed by atoms with E-state index in [1.807, 2.05) is 4.57 Å². The van der Waals surface area contributed by atoms with Crippen molar-refractivity contribution in [2.24, 2.45) is 0 Å². The Hall–Kier alpha value is -1.97. The maximum absolute atomic E-state index is 10.8. The fourth-order valence-corrected chi connectivity index (χ4v) is 1.12. The summed E-state index contributed by atoms with van der Waals surface area (Å²) in [4.78, 5) is 19.0. The quantitative estimate of drug-likeness (QED) is 0.694. The Balaban J connectivity index is 2.19. The molecule has 0 radical (unpaired) electrons. The smallest absolute Gasteiger partial charge is 0.181 e. The van der Waals surface area contributed by atoms with E-state index >= 15 is 0 Å². The summed E-state index contributed by atoms with van der Waals surface area (Å²) < 4.78 is 1.86. The van der Waals surface area contributed by atoms with Crippen LogP contribution < -0.4 is 5.43 Å². The molecule has 0 atom stereocenters. The van der Waals surface area contributed by atoms with Crippen molar-refractivity contribution in [3.05, 3.63) is 59.0 Å². The Morgan fingerprint density at radius 2 is 1.79 bits per heavy atom. The molecule has 0 N–H and O–H groups in total. The predicted octanol–water partition coefficient (Wildman–Crippen LogP) is 0.687. The molecule has 0 aliphatic heterocycles. The molecular formula is C10H9N3O. The summed E-state index contributed by atoms with van der Waals surface area (Å²) in [5.74, 6) is 0.733. The average Bonchev–Trinajstić information content (AvgIpc) is 2.23. The number of hydrogen-bond donors (Lipinski definition) is 0. The van der Waals surface area contributed by atoms with Crippen LogP contribution >= 0.6 is 0 Å². The number of hydrogen-bond acceptors (Lipinski definition) is 3. The highest BCUT2D eigenvalue weighted by Crippen LogP contribution is 1.92. The minimum Gasteiger partial charge on any atom is -0.346 e. The van der Waals surface area contributed by atoms with Crippen LogP contribution in [0.5, 0.6) is 0 Å². The molecule has 0 aliphatic rings. The van der Waals surface area contributed by atoms with Crippen molar-refractivity contribution < 1.29 is 0 Å². The first kappa shape index (κ1) is 8.62. The van der Waals surface area contributed by atoms with E-state index in [-0.39, 0.29) is 5.43 Å². The Labute approximate surface area is 80.9 Å². The van der Waals surface area contributed by atoms with Crippen molar-refractivity contribution in [2.75, 3.05) is 0 Å². The Morgan fingerprint density at radius 3 is 2.43 bits per heavy atom. The molecule has 0 aliphatic carbocycles. The summed E-state index contributed by atoms with van der Waals surface area (Å²) in [7, 11) is 0. The first-order chi connectivity index (χ1) is 6.84. The predicted molar refractivity (Wildman–Crippen MR) is 51.8 cm³/mol. The standard InChI is InChI=1S/C10H9N3O/c14-9-2-6-13(7-3-9)8-10-11-4-1-5-12-10/h1-7H,8H2. The molecule has 2 rings (SSSR count). The fourth-order valence-electron chi connectivity index (χ4n) is 1.12. The van der Waals surface area contributed by atoms with Crippen LogP contribution in [0, 0.1) is 0 Å². The Morgan fingerprint density at radius 1 is 1.14 bits per heavy atom. The average molecular weight is 187 g/mol. The summed E-state index contributed by atoms with van der Waals surface area (Å²) in [5.41, 5.74) is 0.00947. The second-order valence-corrected chi connectivity index (χ2v) is 2.87. The third kappa shape index (κ3) is 2.04. The van der Waals surface area contributed by atoms with Gasteiger partial charge in [0.2, 0.25) is 0 Å². The largest absolute Gasteiger partial charge is 0.346 e. The fraction of sp³-hybridized carbons (Fsp3) is 0.100. The van der Waals surface area contributed by atoms with Crippen molar-refractivity contribution in [1.29, 1.82) is 0 Å². The number of nitrogens with zero attached hydrogens (tertiary/aromatic N) is 3. The molecule has 0 bridgehead atoms. The van der Waals surface area contributed by atoms with Gasteiger partial charge in [-0.05, 0) is 6.07 Å². The van der Waals surface area contributed by atoms with Gasteiger partial charge >= 0.3 is 0 Å². The van der Waals surface area contributed by atoms with Crippen molar-refractivity contribution in [2.45, 2.75) is 6.54 Å². The van der Waals surface area contributed by atoms with Gasteiger partial charge in [0.25, 0.3) is 0 Å². The van der Waals surface area contributed by atoms with E-state index in [9.17, 15) is 4.79 Å². The summed E-state index contributed by atoms with van der Waals surface area (Å²) in [6, 6.07) is 4.81. The van der Waals surface area contributed by atoms with Gasteiger partial charge in [-0.1, -0.05) is 0 Å². The summed E-state index contributed by atoms with van der Waals surface area (Å²) in [6.45, 7) is 0.584. The minimum absolute atomic E-state index is 0.00947. The van der Waals surface area contributed by atoms with Crippen LogP contribution in [0.2, 0.25) is 0 Å². The van der Waals surface area contributed by atoms with Crippen LogP contribution in [-0.2, 0) is 6.54 Å². The van der Waals surface area contributed by atoms with Crippen LogP contribution in [0.1, 0.15) is 5.82 Å². The topological polar surface area (TPSA) is 47.8 Å². The zero-order valence-corrected chi connectivity index (χ0v) is 7.50. The summed E-state index contributed by atoms with van der Waals surface area (Å²) >= 11 is 0. The maximum atomic E-state index is 10.8. The van der Waals surface area contributed by atoms with Gasteiger partial charge in [-0.3, -0.25) is 4.79 Å². The van der Waals surface area contributed by atoms with E-state index in [4.69, 9.17) is 0 Å². The van der Waals surface area contributed by atoms with Gasteiger partial charge in [-0.15, -0.1) is 0 Å². The number of aromatic nitrogens is 3. The SMILES string of the molecule is O=c1ccn(Cc2ncccn2)cc1. The van der Waals surface area contributed by atoms with E-state index in [1.165, 1.54) is 12.1 Å². The van der Waals surface area contributed by atoms with Crippen molar-refractivity contribution in [3.63, 3.8) is 0 Å². The van der Waals surface area contributed by atoms with Gasteiger partial charge in [0.05, 0.1) is 6.54 Å². The van der Waals surface area contributed by atoms with E-state index in [1.54, 1.807) is 30.9 Å². The van der Waals surface area contributed by atoms with Gasteiger partial charge < -0.3 is 4.57 Å². The summed E-state index contributed by atoms with van der Waals surface area (Å²) in [5, 5.41) is 0. The molecule has 4 nitrogen and oxygen atoms in total. The van der Waals surface area contributed by atoms with Crippen LogP contribution in [-0.4, -0.2) is 14.5 Å². The van der Waals surface area contributed by atoms with Crippen molar-refractivity contribution >= 4 is 0 Å². The normalized spacial score (nSPS) is 10.0. The zero-order chi connectivity index (χ0) is 9.80. The first-order valence-electron chi connectivity index (χ1n) is 4.26. The van der Waals surface area contributed by atoms with Crippen LogP contribution in [0.25, 0.3) is 0 Å². The van der Waals surface area contributed by atoms with E-state index in [0.717, 1.165) is 5.82 Å². The van der Waals surface area contributed by atoms with Crippen LogP contribution in [0.3, 0.4) is 0 Å². The number of rotatable bonds is 2. The molecule has 0 unspecified atom stereocenters. The highest BCUT2D eigenvalue weighted by molar-refractivity contribution is 4.97. The van der Waals surface area contributed by atoms with E-state index in [2.05, 4.69) is 9.97 Å². The molecule has 0 aromatic carbocycles. The highest BCUT2D eigenvalue weighted by atomic mass is 16.1. The Bertz CT molecular complexity index is 444. The molecule has 0 amide bonds. The van der Waals surface area contributed by atoms with Gasteiger partial charge in [0, 0.05) is 36.9 Å². The molecule has 0 saturated heterocycles. The van der Waals surface area contributed by atoms with Crippen LogP contribution in [0.15, 0.2) is 47.8 Å². The molecule has 2 aromatic heterocycles. The van der Waals surface area contributed by atoms with E-state index in [0.29, 0.717) is 6.54 Å². The summed E-state index contributed by atoms with van der Waals surface area (Å²) in [6.07, 6.45) is 6.84. The minimum atomic E-state index is 0.00947. The number of pyridine rings is 1. The van der Waals surface area contributed by atoms with Gasteiger partial charge in [0.15, 0.2) is 5.43 Å². The lowest BCUT2D eigenvalue weighted by Gasteiger charge is -2.02. The molecule has 0 fully saturated rings. The second-order valence-electron chi connectivity index (χ2n) is 2.87. The lowest BCUT2D eigenvalue weighted by atomic mass is 10.4. The third-order valence-corrected chi connectivity index (χ3v) is 1.80. The maximum Gasteiger partial charge on any atom is 0.181 e. The molecule has 4 heteroatoms. The molecule has 2 aromatic rings. The van der Waals surface area contributed by atoms with E-state index < -0.39 is 0 Å². The molecule has 0 spiro atoms. The molecule has 70 valence electrons. The molecule has 14 heavy (non-hydrogen) atoms. The van der Waals surface area contributed by atoms with Gasteiger partial charge in [0.1, 0.15) is 5.82 Å². The zero-order valence-electron chi connectivity index (χ0n) is 7.50. The molecule has 2 heterocycles. The first-order valence-corrected chi connectivity index (χ1v) is 4.26. The lowest BCUT2D eigenvalue weighted by Crippen LogP contribution is -2.06. The monoisotopic (exact) mass is 187 g/mol. The van der Waals surface area contributed by atoms with Crippen LogP contribution in [0.4, 0.5) is 0 Å². The lowest BCUT2D eigenvalue weighted by molar-refractivity contribution is 0.736.